The summed E-state index contributed by atoms with van der Waals surface area (Å²) in [4.78, 5) is 18.2. The number of rotatable bonds is 2. The number of hydrogen-bond acceptors (Lipinski definition) is 5. The molecule has 0 aliphatic carbocycles. The zero-order valence-electron chi connectivity index (χ0n) is 11.2. The molecule has 7 nitrogen and oxygen atoms in total. The van der Waals surface area contributed by atoms with Gasteiger partial charge < -0.3 is 14.8 Å². The fraction of sp³-hybridized carbons (Fsp3) is 0.667. The Hall–Kier alpha value is -1.41. The molecule has 2 aliphatic rings. The number of hydrogen-bond donors (Lipinski definition) is 1. The van der Waals surface area contributed by atoms with Crippen LogP contribution in [0, 0.1) is 0 Å². The molecule has 1 aromatic rings. The number of amides is 1. The molecule has 1 aromatic heterocycles. The Labute approximate surface area is 117 Å². The third-order valence-corrected chi connectivity index (χ3v) is 5.56. The highest BCUT2D eigenvalue weighted by Gasteiger charge is 2.29. The predicted octanol–water partition coefficient (Wildman–Crippen LogP) is -0.998. The maximum atomic E-state index is 12.3. The van der Waals surface area contributed by atoms with Crippen molar-refractivity contribution in [1.29, 1.82) is 0 Å². The van der Waals surface area contributed by atoms with E-state index in [1.165, 1.54) is 0 Å². The molecule has 0 saturated carbocycles. The van der Waals surface area contributed by atoms with E-state index in [4.69, 9.17) is 0 Å². The first-order valence-electron chi connectivity index (χ1n) is 6.75. The van der Waals surface area contributed by atoms with Gasteiger partial charge in [-0.05, 0) is 0 Å². The van der Waals surface area contributed by atoms with E-state index in [2.05, 4.69) is 10.3 Å². The molecule has 110 valence electrons. The van der Waals surface area contributed by atoms with Gasteiger partial charge in [-0.15, -0.1) is 0 Å². The Morgan fingerprint density at radius 3 is 3.10 bits per heavy atom. The maximum Gasteiger partial charge on any atom is 0.224 e. The predicted molar refractivity (Wildman–Crippen MR) is 72.7 cm³/mol. The van der Waals surface area contributed by atoms with Crippen molar-refractivity contribution in [3.05, 3.63) is 18.2 Å². The largest absolute Gasteiger partial charge is 0.333 e. The van der Waals surface area contributed by atoms with Gasteiger partial charge in [0.25, 0.3) is 0 Å². The number of aromatic nitrogens is 2. The Morgan fingerprint density at radius 1 is 1.45 bits per heavy atom. The van der Waals surface area contributed by atoms with Crippen molar-refractivity contribution in [2.75, 3.05) is 24.6 Å². The fourth-order valence-corrected chi connectivity index (χ4v) is 4.17. The number of nitrogens with zero attached hydrogens (tertiary/aromatic N) is 3. The van der Waals surface area contributed by atoms with E-state index in [9.17, 15) is 13.2 Å². The first-order valence-corrected chi connectivity index (χ1v) is 8.57. The van der Waals surface area contributed by atoms with Crippen LogP contribution >= 0.6 is 0 Å². The lowest BCUT2D eigenvalue weighted by Gasteiger charge is -2.30. The number of sulfone groups is 1. The van der Waals surface area contributed by atoms with Crippen LogP contribution in [0.2, 0.25) is 0 Å². The van der Waals surface area contributed by atoms with Crippen LogP contribution in [0.1, 0.15) is 12.2 Å². The van der Waals surface area contributed by atoms with Gasteiger partial charge in [0.2, 0.25) is 5.91 Å². The third-order valence-electron chi connectivity index (χ3n) is 3.82. The first-order chi connectivity index (χ1) is 9.53. The van der Waals surface area contributed by atoms with Crippen LogP contribution in [-0.4, -0.2) is 59.4 Å². The lowest BCUT2D eigenvalue weighted by Crippen LogP contribution is -2.48. The summed E-state index contributed by atoms with van der Waals surface area (Å²) >= 11 is 0. The standard InChI is InChI=1S/C12H18N4O3S/c17-12(7-10-9-20(18,19)6-2-13-10)16-5-4-15-3-1-14-11(15)8-16/h1,3,10,13H,2,4-9H2. The number of carbonyl (C=O) groups excluding carboxylic acids is 1. The molecule has 1 saturated heterocycles. The number of nitrogens with one attached hydrogen (secondary N) is 1. The molecule has 1 fully saturated rings. The number of imidazole rings is 1. The zero-order chi connectivity index (χ0) is 14.2. The molecule has 0 radical (unpaired) electrons. The molecular formula is C12H18N4O3S. The van der Waals surface area contributed by atoms with Crippen LogP contribution in [0.15, 0.2) is 12.4 Å². The highest BCUT2D eigenvalue weighted by Crippen LogP contribution is 2.13. The van der Waals surface area contributed by atoms with E-state index >= 15 is 0 Å². The van der Waals surface area contributed by atoms with Gasteiger partial charge in [0, 0.05) is 44.5 Å². The van der Waals surface area contributed by atoms with Crippen LogP contribution in [0.25, 0.3) is 0 Å². The zero-order valence-corrected chi connectivity index (χ0v) is 12.0. The molecule has 0 aromatic carbocycles. The summed E-state index contributed by atoms with van der Waals surface area (Å²) in [5.41, 5.74) is 0. The Bertz CT molecular complexity index is 610. The third kappa shape index (κ3) is 2.85. The molecule has 20 heavy (non-hydrogen) atoms. The van der Waals surface area contributed by atoms with Crippen LogP contribution in [-0.2, 0) is 27.7 Å². The topological polar surface area (TPSA) is 84.3 Å². The summed E-state index contributed by atoms with van der Waals surface area (Å²) < 4.78 is 25.2. The molecular weight excluding hydrogens is 280 g/mol. The van der Waals surface area contributed by atoms with E-state index in [-0.39, 0.29) is 29.9 Å². The maximum absolute atomic E-state index is 12.3. The minimum absolute atomic E-state index is 0.00569. The smallest absolute Gasteiger partial charge is 0.224 e. The average Bonchev–Trinajstić information content (AvgIpc) is 2.84. The molecule has 1 N–H and O–H groups in total. The van der Waals surface area contributed by atoms with E-state index in [0.717, 1.165) is 12.4 Å². The van der Waals surface area contributed by atoms with Gasteiger partial charge >= 0.3 is 0 Å². The highest BCUT2D eigenvalue weighted by atomic mass is 32.2. The summed E-state index contributed by atoms with van der Waals surface area (Å²) in [7, 11) is -3.00. The minimum atomic E-state index is -3.00. The van der Waals surface area contributed by atoms with Gasteiger partial charge in [-0.25, -0.2) is 13.4 Å². The quantitative estimate of drug-likeness (QED) is 0.757. The second-order valence-electron chi connectivity index (χ2n) is 5.32. The van der Waals surface area contributed by atoms with Crippen LogP contribution in [0.4, 0.5) is 0 Å². The fourth-order valence-electron chi connectivity index (χ4n) is 2.72. The van der Waals surface area contributed by atoms with E-state index in [1.54, 1.807) is 11.1 Å². The summed E-state index contributed by atoms with van der Waals surface area (Å²) in [6.07, 6.45) is 3.88. The normalized spacial score (nSPS) is 25.2. The van der Waals surface area contributed by atoms with Crippen molar-refractivity contribution in [2.45, 2.75) is 25.6 Å². The first kappa shape index (κ1) is 13.6. The molecule has 1 unspecified atom stereocenters. The van der Waals surface area contributed by atoms with Crippen molar-refractivity contribution in [2.24, 2.45) is 0 Å². The number of fused-ring (bicyclic) bond motifs is 1. The molecule has 1 amide bonds. The van der Waals surface area contributed by atoms with Crippen molar-refractivity contribution in [3.8, 4) is 0 Å². The van der Waals surface area contributed by atoms with Gasteiger partial charge in [-0.2, -0.15) is 0 Å². The number of carbonyl (C=O) groups is 1. The molecule has 0 spiro atoms. The van der Waals surface area contributed by atoms with Crippen molar-refractivity contribution >= 4 is 15.7 Å². The van der Waals surface area contributed by atoms with Gasteiger partial charge in [-0.3, -0.25) is 4.79 Å². The van der Waals surface area contributed by atoms with Crippen LogP contribution in [0.5, 0.6) is 0 Å². The SMILES string of the molecule is O=C(CC1CS(=O)(=O)CCN1)N1CCn2ccnc2C1. The second-order valence-corrected chi connectivity index (χ2v) is 7.55. The van der Waals surface area contributed by atoms with Crippen molar-refractivity contribution < 1.29 is 13.2 Å². The van der Waals surface area contributed by atoms with Gasteiger partial charge in [0.15, 0.2) is 9.84 Å². The summed E-state index contributed by atoms with van der Waals surface area (Å²) in [5, 5.41) is 3.11. The lowest BCUT2D eigenvalue weighted by molar-refractivity contribution is -0.133. The molecule has 0 bridgehead atoms. The summed E-state index contributed by atoms with van der Waals surface area (Å²) in [6, 6.07) is -0.261. The molecule has 8 heteroatoms. The van der Waals surface area contributed by atoms with Gasteiger partial charge in [-0.1, -0.05) is 0 Å². The van der Waals surface area contributed by atoms with Crippen molar-refractivity contribution in [3.63, 3.8) is 0 Å². The van der Waals surface area contributed by atoms with Crippen LogP contribution < -0.4 is 5.32 Å². The average molecular weight is 298 g/mol. The molecule has 2 aliphatic heterocycles. The Kier molecular flexibility index (Phi) is 3.51. The lowest BCUT2D eigenvalue weighted by atomic mass is 10.2. The monoisotopic (exact) mass is 298 g/mol. The second kappa shape index (κ2) is 5.17. The summed E-state index contributed by atoms with van der Waals surface area (Å²) in [5.74, 6) is 1.10. The minimum Gasteiger partial charge on any atom is -0.333 e. The Morgan fingerprint density at radius 2 is 2.30 bits per heavy atom. The molecule has 3 rings (SSSR count). The van der Waals surface area contributed by atoms with Gasteiger partial charge in [0.05, 0.1) is 18.1 Å². The van der Waals surface area contributed by atoms with Gasteiger partial charge in [0.1, 0.15) is 5.82 Å². The highest BCUT2D eigenvalue weighted by molar-refractivity contribution is 7.91. The van der Waals surface area contributed by atoms with Crippen molar-refractivity contribution in [1.82, 2.24) is 19.8 Å². The Balaban J connectivity index is 1.60. The molecule has 1 atom stereocenters. The van der Waals surface area contributed by atoms with E-state index < -0.39 is 9.84 Å². The molecule has 3 heterocycles. The van der Waals surface area contributed by atoms with E-state index in [1.807, 2.05) is 10.8 Å². The summed E-state index contributed by atoms with van der Waals surface area (Å²) in [6.45, 7) is 2.34. The van der Waals surface area contributed by atoms with E-state index in [0.29, 0.717) is 19.6 Å². The van der Waals surface area contributed by atoms with Crippen LogP contribution in [0.3, 0.4) is 0 Å².